The van der Waals surface area contributed by atoms with E-state index in [0.717, 1.165) is 25.5 Å². The lowest BCUT2D eigenvalue weighted by Crippen LogP contribution is -2.24. The van der Waals surface area contributed by atoms with Gasteiger partial charge in [0.2, 0.25) is 11.8 Å². The fourth-order valence-electron chi connectivity index (χ4n) is 0.530. The van der Waals surface area contributed by atoms with Crippen molar-refractivity contribution in [2.45, 2.75) is 26.7 Å². The summed E-state index contributed by atoms with van der Waals surface area (Å²) in [6.07, 6.45) is 3.20. The summed E-state index contributed by atoms with van der Waals surface area (Å²) in [6, 6.07) is 0. The fraction of sp³-hybridized carbons (Fsp3) is 0.455. The molecule has 0 spiro atoms. The van der Waals surface area contributed by atoms with Crippen LogP contribution in [0.1, 0.15) is 26.7 Å². The van der Waals surface area contributed by atoms with Crippen molar-refractivity contribution in [2.75, 3.05) is 6.54 Å². The average Bonchev–Trinajstić information content (AvgIpc) is 2.18. The van der Waals surface area contributed by atoms with Crippen LogP contribution < -0.4 is 11.1 Å². The zero-order chi connectivity index (χ0) is 12.3. The molecule has 0 atom stereocenters. The van der Waals surface area contributed by atoms with Crippen LogP contribution in [0.3, 0.4) is 0 Å². The molecule has 0 aromatic heterocycles. The van der Waals surface area contributed by atoms with Crippen LogP contribution in [0.4, 0.5) is 0 Å². The average molecular weight is 212 g/mol. The predicted octanol–water partition coefficient (Wildman–Crippen LogP) is 1.14. The SMILES string of the molecule is C=C(C)C(=O)NCCCC.C=CC(N)=O. The summed E-state index contributed by atoms with van der Waals surface area (Å²) < 4.78 is 0. The molecule has 0 heterocycles. The van der Waals surface area contributed by atoms with Gasteiger partial charge < -0.3 is 11.1 Å². The number of unbranched alkanes of at least 4 members (excludes halogenated alkanes) is 1. The highest BCUT2D eigenvalue weighted by Gasteiger charge is 1.97. The second kappa shape index (κ2) is 10.5. The van der Waals surface area contributed by atoms with Crippen LogP contribution in [0.25, 0.3) is 0 Å². The number of carbonyl (C=O) groups is 2. The third-order valence-electron chi connectivity index (χ3n) is 1.40. The van der Waals surface area contributed by atoms with Crippen molar-refractivity contribution in [2.24, 2.45) is 5.73 Å². The zero-order valence-electron chi connectivity index (χ0n) is 9.51. The minimum atomic E-state index is -0.481. The van der Waals surface area contributed by atoms with Crippen molar-refractivity contribution < 1.29 is 9.59 Å². The van der Waals surface area contributed by atoms with E-state index in [2.05, 4.69) is 31.1 Å². The maximum absolute atomic E-state index is 10.8. The first-order chi connectivity index (χ1) is 6.95. The quantitative estimate of drug-likeness (QED) is 0.530. The molecule has 0 saturated heterocycles. The van der Waals surface area contributed by atoms with Crippen LogP contribution in [0.15, 0.2) is 24.8 Å². The molecule has 0 unspecified atom stereocenters. The van der Waals surface area contributed by atoms with Gasteiger partial charge in [-0.1, -0.05) is 26.5 Å². The maximum Gasteiger partial charge on any atom is 0.246 e. The largest absolute Gasteiger partial charge is 0.366 e. The van der Waals surface area contributed by atoms with E-state index in [0.29, 0.717) is 5.57 Å². The topological polar surface area (TPSA) is 72.2 Å². The lowest BCUT2D eigenvalue weighted by molar-refractivity contribution is -0.117. The number of nitrogens with two attached hydrogens (primary N) is 1. The summed E-state index contributed by atoms with van der Waals surface area (Å²) in [7, 11) is 0. The smallest absolute Gasteiger partial charge is 0.246 e. The molecule has 0 radical (unpaired) electrons. The van der Waals surface area contributed by atoms with Gasteiger partial charge in [-0.2, -0.15) is 0 Å². The summed E-state index contributed by atoms with van der Waals surface area (Å²) in [4.78, 5) is 20.3. The molecule has 0 fully saturated rings. The van der Waals surface area contributed by atoms with Gasteiger partial charge in [0.25, 0.3) is 0 Å². The van der Waals surface area contributed by atoms with Gasteiger partial charge in [-0.25, -0.2) is 0 Å². The van der Waals surface area contributed by atoms with Crippen molar-refractivity contribution in [3.8, 4) is 0 Å². The molecule has 0 saturated carbocycles. The summed E-state index contributed by atoms with van der Waals surface area (Å²) >= 11 is 0. The van der Waals surface area contributed by atoms with Crippen molar-refractivity contribution in [1.29, 1.82) is 0 Å². The van der Waals surface area contributed by atoms with Crippen LogP contribution in [-0.4, -0.2) is 18.4 Å². The minimum Gasteiger partial charge on any atom is -0.366 e. The van der Waals surface area contributed by atoms with Crippen molar-refractivity contribution in [3.63, 3.8) is 0 Å². The molecular formula is C11H20N2O2. The summed E-state index contributed by atoms with van der Waals surface area (Å²) in [5.74, 6) is -0.515. The monoisotopic (exact) mass is 212 g/mol. The first kappa shape index (κ1) is 15.9. The lowest BCUT2D eigenvalue weighted by atomic mass is 10.3. The first-order valence-electron chi connectivity index (χ1n) is 4.81. The molecule has 2 amide bonds. The molecule has 0 rings (SSSR count). The minimum absolute atomic E-state index is 0.0338. The van der Waals surface area contributed by atoms with Gasteiger partial charge in [0.05, 0.1) is 0 Å². The number of carbonyl (C=O) groups excluding carboxylic acids is 2. The van der Waals surface area contributed by atoms with Crippen molar-refractivity contribution in [1.82, 2.24) is 5.32 Å². The molecule has 0 aliphatic rings. The van der Waals surface area contributed by atoms with Crippen molar-refractivity contribution in [3.05, 3.63) is 24.8 Å². The Morgan fingerprint density at radius 3 is 2.20 bits per heavy atom. The Kier molecular flexibility index (Phi) is 11.1. The molecule has 3 N–H and O–H groups in total. The van der Waals surface area contributed by atoms with Crippen molar-refractivity contribution >= 4 is 11.8 Å². The number of rotatable bonds is 5. The second-order valence-electron chi connectivity index (χ2n) is 3.00. The van der Waals surface area contributed by atoms with E-state index in [4.69, 9.17) is 0 Å². The molecule has 15 heavy (non-hydrogen) atoms. The standard InChI is InChI=1S/C8H15NO.C3H5NO/c1-4-5-6-9-8(10)7(2)3;1-2-3(4)5/h2,4-6H2,1,3H3,(H,9,10);2H,1H2,(H2,4,5). The van der Waals surface area contributed by atoms with Crippen LogP contribution in [0.2, 0.25) is 0 Å². The third kappa shape index (κ3) is 15.2. The molecule has 0 aromatic carbocycles. The molecule has 0 aliphatic carbocycles. The molecule has 86 valence electrons. The van der Waals surface area contributed by atoms with E-state index < -0.39 is 5.91 Å². The Bertz CT molecular complexity index is 235. The van der Waals surface area contributed by atoms with E-state index >= 15 is 0 Å². The number of amides is 2. The van der Waals surface area contributed by atoms with E-state index in [1.165, 1.54) is 0 Å². The number of hydrogen-bond donors (Lipinski definition) is 2. The van der Waals surface area contributed by atoms with E-state index in [1.807, 2.05) is 0 Å². The lowest BCUT2D eigenvalue weighted by Gasteiger charge is -2.01. The summed E-state index contributed by atoms with van der Waals surface area (Å²) in [6.45, 7) is 11.2. The van der Waals surface area contributed by atoms with Gasteiger partial charge >= 0.3 is 0 Å². The third-order valence-corrected chi connectivity index (χ3v) is 1.40. The molecule has 4 nitrogen and oxygen atoms in total. The van der Waals surface area contributed by atoms with Crippen LogP contribution in [0, 0.1) is 0 Å². The number of hydrogen-bond acceptors (Lipinski definition) is 2. The Morgan fingerprint density at radius 1 is 1.47 bits per heavy atom. The van der Waals surface area contributed by atoms with Gasteiger partial charge in [-0.05, 0) is 19.4 Å². The molecule has 4 heteroatoms. The highest BCUT2D eigenvalue weighted by Crippen LogP contribution is 1.87. The predicted molar refractivity (Wildman–Crippen MR) is 62.1 cm³/mol. The van der Waals surface area contributed by atoms with Crippen LogP contribution in [-0.2, 0) is 9.59 Å². The number of nitrogens with one attached hydrogen (secondary N) is 1. The Labute approximate surface area is 91.2 Å². The normalized spacial score (nSPS) is 8.13. The van der Waals surface area contributed by atoms with E-state index in [9.17, 15) is 9.59 Å². The Balaban J connectivity index is 0. The highest BCUT2D eigenvalue weighted by molar-refractivity contribution is 5.91. The number of primary amides is 1. The van der Waals surface area contributed by atoms with Gasteiger partial charge in [0, 0.05) is 12.1 Å². The maximum atomic E-state index is 10.8. The molecule has 0 aliphatic heterocycles. The molecular weight excluding hydrogens is 192 g/mol. The van der Waals surface area contributed by atoms with E-state index in [1.54, 1.807) is 6.92 Å². The van der Waals surface area contributed by atoms with Gasteiger partial charge in [0.1, 0.15) is 0 Å². The Hall–Kier alpha value is -1.58. The first-order valence-corrected chi connectivity index (χ1v) is 4.81. The van der Waals surface area contributed by atoms with Gasteiger partial charge in [0.15, 0.2) is 0 Å². The molecule has 0 aromatic rings. The van der Waals surface area contributed by atoms with Gasteiger partial charge in [-0.15, -0.1) is 0 Å². The van der Waals surface area contributed by atoms with Crippen LogP contribution >= 0.6 is 0 Å². The fourth-order valence-corrected chi connectivity index (χ4v) is 0.530. The highest BCUT2D eigenvalue weighted by atomic mass is 16.1. The zero-order valence-corrected chi connectivity index (χ0v) is 9.51. The second-order valence-corrected chi connectivity index (χ2v) is 3.00. The Morgan fingerprint density at radius 2 is 1.93 bits per heavy atom. The molecule has 0 bridgehead atoms. The van der Waals surface area contributed by atoms with Crippen LogP contribution in [0.5, 0.6) is 0 Å². The summed E-state index contributed by atoms with van der Waals surface area (Å²) in [5.41, 5.74) is 5.11. The van der Waals surface area contributed by atoms with E-state index in [-0.39, 0.29) is 5.91 Å². The summed E-state index contributed by atoms with van der Waals surface area (Å²) in [5, 5.41) is 2.74. The van der Waals surface area contributed by atoms with Gasteiger partial charge in [-0.3, -0.25) is 9.59 Å².